The van der Waals surface area contributed by atoms with E-state index in [1.807, 2.05) is 24.3 Å². The molecule has 4 heteroatoms. The Morgan fingerprint density at radius 2 is 2.05 bits per heavy atom. The number of carbonyl (C=O) groups is 2. The van der Waals surface area contributed by atoms with E-state index in [4.69, 9.17) is 0 Å². The van der Waals surface area contributed by atoms with E-state index in [-0.39, 0.29) is 17.7 Å². The molecule has 1 atom stereocenters. The van der Waals surface area contributed by atoms with Crippen LogP contribution in [0.5, 0.6) is 0 Å². The first-order valence-corrected chi connectivity index (χ1v) is 6.75. The van der Waals surface area contributed by atoms with Crippen LogP contribution in [0.2, 0.25) is 0 Å². The Balaban J connectivity index is 2.03. The van der Waals surface area contributed by atoms with Gasteiger partial charge >= 0.3 is 0 Å². The summed E-state index contributed by atoms with van der Waals surface area (Å²) in [4.78, 5) is 25.1. The van der Waals surface area contributed by atoms with Gasteiger partial charge < -0.3 is 10.2 Å². The maximum absolute atomic E-state index is 12.3. The SMILES string of the molecule is CCc1ccc(N(C)C(=O)C2CCC(=O)NC2)cc1. The molecule has 0 radical (unpaired) electrons. The van der Waals surface area contributed by atoms with E-state index in [1.54, 1.807) is 11.9 Å². The minimum Gasteiger partial charge on any atom is -0.355 e. The number of nitrogens with one attached hydrogen (secondary N) is 1. The second kappa shape index (κ2) is 5.87. The third-order valence-corrected chi connectivity index (χ3v) is 3.68. The maximum atomic E-state index is 12.3. The van der Waals surface area contributed by atoms with E-state index in [0.717, 1.165) is 12.1 Å². The van der Waals surface area contributed by atoms with Gasteiger partial charge in [0.25, 0.3) is 0 Å². The lowest BCUT2D eigenvalue weighted by atomic mass is 9.97. The first kappa shape index (κ1) is 13.6. The first-order chi connectivity index (χ1) is 9.11. The Kier molecular flexibility index (Phi) is 4.20. The number of benzene rings is 1. The predicted molar refractivity (Wildman–Crippen MR) is 75.0 cm³/mol. The van der Waals surface area contributed by atoms with Gasteiger partial charge in [-0.1, -0.05) is 19.1 Å². The minimum absolute atomic E-state index is 0.0407. The summed E-state index contributed by atoms with van der Waals surface area (Å²) in [6, 6.07) is 8.03. The average Bonchev–Trinajstić information content (AvgIpc) is 2.46. The predicted octanol–water partition coefficient (Wildman–Crippen LogP) is 1.74. The van der Waals surface area contributed by atoms with Gasteiger partial charge in [-0.25, -0.2) is 0 Å². The van der Waals surface area contributed by atoms with Crippen LogP contribution in [0.1, 0.15) is 25.3 Å². The molecule has 2 amide bonds. The number of hydrogen-bond donors (Lipinski definition) is 1. The molecular formula is C15H20N2O2. The lowest BCUT2D eigenvalue weighted by Crippen LogP contribution is -2.43. The van der Waals surface area contributed by atoms with Gasteiger partial charge in [0.15, 0.2) is 0 Å². The van der Waals surface area contributed by atoms with Crippen molar-refractivity contribution in [3.8, 4) is 0 Å². The number of piperidine rings is 1. The summed E-state index contributed by atoms with van der Waals surface area (Å²) in [6.07, 6.45) is 2.08. The Bertz CT molecular complexity index is 458. The van der Waals surface area contributed by atoms with Gasteiger partial charge in [-0.2, -0.15) is 0 Å². The number of amides is 2. The molecule has 1 aliphatic heterocycles. The Morgan fingerprint density at radius 1 is 1.37 bits per heavy atom. The van der Waals surface area contributed by atoms with Gasteiger partial charge in [0.2, 0.25) is 11.8 Å². The van der Waals surface area contributed by atoms with Gasteiger partial charge in [0, 0.05) is 25.7 Å². The summed E-state index contributed by atoms with van der Waals surface area (Å²) in [5, 5.41) is 2.75. The second-order valence-electron chi connectivity index (χ2n) is 4.96. The number of hydrogen-bond acceptors (Lipinski definition) is 2. The van der Waals surface area contributed by atoms with Crippen LogP contribution >= 0.6 is 0 Å². The number of anilines is 1. The number of aryl methyl sites for hydroxylation is 1. The third-order valence-electron chi connectivity index (χ3n) is 3.68. The molecule has 0 aromatic heterocycles. The molecule has 2 rings (SSSR count). The third kappa shape index (κ3) is 3.13. The van der Waals surface area contributed by atoms with Crippen LogP contribution in [0.25, 0.3) is 0 Å². The molecule has 1 aromatic carbocycles. The van der Waals surface area contributed by atoms with E-state index >= 15 is 0 Å². The van der Waals surface area contributed by atoms with Crippen LogP contribution in [-0.2, 0) is 16.0 Å². The van der Waals surface area contributed by atoms with Crippen molar-refractivity contribution in [2.75, 3.05) is 18.5 Å². The van der Waals surface area contributed by atoms with Crippen LogP contribution in [0.3, 0.4) is 0 Å². The molecule has 19 heavy (non-hydrogen) atoms. The molecule has 4 nitrogen and oxygen atoms in total. The quantitative estimate of drug-likeness (QED) is 0.900. The zero-order valence-electron chi connectivity index (χ0n) is 11.5. The molecule has 0 bridgehead atoms. The highest BCUT2D eigenvalue weighted by atomic mass is 16.2. The fourth-order valence-electron chi connectivity index (χ4n) is 2.30. The van der Waals surface area contributed by atoms with Crippen molar-refractivity contribution in [3.63, 3.8) is 0 Å². The molecule has 0 aliphatic carbocycles. The Morgan fingerprint density at radius 3 is 2.58 bits per heavy atom. The summed E-state index contributed by atoms with van der Waals surface area (Å²) in [5.41, 5.74) is 2.16. The van der Waals surface area contributed by atoms with Gasteiger partial charge in [-0.3, -0.25) is 9.59 Å². The topological polar surface area (TPSA) is 49.4 Å². The van der Waals surface area contributed by atoms with Crippen molar-refractivity contribution in [2.45, 2.75) is 26.2 Å². The molecule has 1 N–H and O–H groups in total. The van der Waals surface area contributed by atoms with Crippen molar-refractivity contribution in [3.05, 3.63) is 29.8 Å². The van der Waals surface area contributed by atoms with Crippen molar-refractivity contribution in [1.29, 1.82) is 0 Å². The van der Waals surface area contributed by atoms with Crippen molar-refractivity contribution >= 4 is 17.5 Å². The molecular weight excluding hydrogens is 240 g/mol. The lowest BCUT2D eigenvalue weighted by Gasteiger charge is -2.26. The second-order valence-corrected chi connectivity index (χ2v) is 4.96. The van der Waals surface area contributed by atoms with Crippen molar-refractivity contribution in [2.24, 2.45) is 5.92 Å². The normalized spacial score (nSPS) is 18.8. The van der Waals surface area contributed by atoms with E-state index in [0.29, 0.717) is 19.4 Å². The Labute approximate surface area is 113 Å². The highest BCUT2D eigenvalue weighted by molar-refractivity contribution is 5.95. The highest BCUT2D eigenvalue weighted by Gasteiger charge is 2.27. The Hall–Kier alpha value is -1.84. The highest BCUT2D eigenvalue weighted by Crippen LogP contribution is 2.19. The lowest BCUT2D eigenvalue weighted by molar-refractivity contribution is -0.127. The van der Waals surface area contributed by atoms with Crippen LogP contribution in [0.4, 0.5) is 5.69 Å². The van der Waals surface area contributed by atoms with Crippen LogP contribution in [-0.4, -0.2) is 25.4 Å². The molecule has 1 aliphatic rings. The molecule has 0 spiro atoms. The van der Waals surface area contributed by atoms with Gasteiger partial charge in [0.05, 0.1) is 5.92 Å². The van der Waals surface area contributed by atoms with E-state index in [9.17, 15) is 9.59 Å². The van der Waals surface area contributed by atoms with Crippen molar-refractivity contribution < 1.29 is 9.59 Å². The maximum Gasteiger partial charge on any atom is 0.231 e. The van der Waals surface area contributed by atoms with Crippen LogP contribution in [0, 0.1) is 5.92 Å². The zero-order valence-corrected chi connectivity index (χ0v) is 11.5. The fourth-order valence-corrected chi connectivity index (χ4v) is 2.30. The molecule has 1 unspecified atom stereocenters. The molecule has 0 saturated carbocycles. The smallest absolute Gasteiger partial charge is 0.231 e. The number of nitrogens with zero attached hydrogens (tertiary/aromatic N) is 1. The number of rotatable bonds is 3. The summed E-state index contributed by atoms with van der Waals surface area (Å²) >= 11 is 0. The van der Waals surface area contributed by atoms with E-state index < -0.39 is 0 Å². The largest absolute Gasteiger partial charge is 0.355 e. The van der Waals surface area contributed by atoms with Gasteiger partial charge in [-0.05, 0) is 30.5 Å². The standard InChI is InChI=1S/C15H20N2O2/c1-3-11-4-7-13(8-5-11)17(2)15(19)12-6-9-14(18)16-10-12/h4-5,7-8,12H,3,6,9-10H2,1-2H3,(H,16,18). The molecule has 1 saturated heterocycles. The van der Waals surface area contributed by atoms with Crippen molar-refractivity contribution in [1.82, 2.24) is 5.32 Å². The first-order valence-electron chi connectivity index (χ1n) is 6.75. The monoisotopic (exact) mass is 260 g/mol. The summed E-state index contributed by atoms with van der Waals surface area (Å²) in [7, 11) is 1.79. The zero-order chi connectivity index (χ0) is 13.8. The summed E-state index contributed by atoms with van der Waals surface area (Å²) < 4.78 is 0. The summed E-state index contributed by atoms with van der Waals surface area (Å²) in [5.74, 6) is 0.0109. The molecule has 1 aromatic rings. The number of carbonyl (C=O) groups excluding carboxylic acids is 2. The summed E-state index contributed by atoms with van der Waals surface area (Å²) in [6.45, 7) is 2.56. The fraction of sp³-hybridized carbons (Fsp3) is 0.467. The van der Waals surface area contributed by atoms with Crippen LogP contribution in [0.15, 0.2) is 24.3 Å². The minimum atomic E-state index is -0.103. The van der Waals surface area contributed by atoms with Crippen LogP contribution < -0.4 is 10.2 Å². The molecule has 1 heterocycles. The van der Waals surface area contributed by atoms with Gasteiger partial charge in [0.1, 0.15) is 0 Å². The van der Waals surface area contributed by atoms with E-state index in [1.165, 1.54) is 5.56 Å². The molecule has 1 fully saturated rings. The van der Waals surface area contributed by atoms with E-state index in [2.05, 4.69) is 12.2 Å². The van der Waals surface area contributed by atoms with Gasteiger partial charge in [-0.15, -0.1) is 0 Å². The molecule has 102 valence electrons. The average molecular weight is 260 g/mol.